The van der Waals surface area contributed by atoms with E-state index >= 15 is 0 Å². The van der Waals surface area contributed by atoms with E-state index < -0.39 is 0 Å². The lowest BCUT2D eigenvalue weighted by Crippen LogP contribution is -2.58. The summed E-state index contributed by atoms with van der Waals surface area (Å²) in [5, 5.41) is 0. The number of nitrogens with zero attached hydrogens (tertiary/aromatic N) is 2. The summed E-state index contributed by atoms with van der Waals surface area (Å²) >= 11 is 0. The van der Waals surface area contributed by atoms with Gasteiger partial charge in [0.15, 0.2) is 0 Å². The number of furan rings is 1. The van der Waals surface area contributed by atoms with E-state index in [2.05, 4.69) is 29.7 Å². The molecule has 0 amide bonds. The van der Waals surface area contributed by atoms with Crippen LogP contribution in [0.1, 0.15) is 45.3 Å². The Kier molecular flexibility index (Phi) is 4.47. The van der Waals surface area contributed by atoms with Crippen LogP contribution in [0.25, 0.3) is 0 Å². The van der Waals surface area contributed by atoms with Crippen LogP contribution in [-0.2, 0) is 6.42 Å². The third-order valence-electron chi connectivity index (χ3n) is 5.26. The molecule has 1 aromatic heterocycles. The van der Waals surface area contributed by atoms with Gasteiger partial charge in [0.05, 0.1) is 6.26 Å². The molecule has 0 N–H and O–H groups in total. The van der Waals surface area contributed by atoms with E-state index in [4.69, 9.17) is 4.42 Å². The highest BCUT2D eigenvalue weighted by molar-refractivity contribution is 4.99. The molecule has 0 radical (unpaired) electrons. The molecule has 2 saturated heterocycles. The molecule has 0 aromatic carbocycles. The van der Waals surface area contributed by atoms with Crippen LogP contribution < -0.4 is 0 Å². The highest BCUT2D eigenvalue weighted by Crippen LogP contribution is 2.28. The largest absolute Gasteiger partial charge is 0.469 e. The van der Waals surface area contributed by atoms with Crippen molar-refractivity contribution in [1.82, 2.24) is 9.80 Å². The number of hydrogen-bond donors (Lipinski definition) is 0. The maximum Gasteiger partial charge on any atom is 0.103 e. The number of piperazine rings is 1. The minimum absolute atomic E-state index is 0.660. The van der Waals surface area contributed by atoms with Crippen LogP contribution in [0.4, 0.5) is 0 Å². The SMILES string of the molecule is CCC1CN2CCCC2CN1C(C)CCc1ccco1. The van der Waals surface area contributed by atoms with Crippen LogP contribution in [0.3, 0.4) is 0 Å². The predicted octanol–water partition coefficient (Wildman–Crippen LogP) is 3.16. The standard InChI is InChI=1S/C17H28N2O/c1-3-15-12-18-10-4-6-16(18)13-19(15)14(2)8-9-17-7-5-11-20-17/h5,7,11,14-16H,3-4,6,8-10,12-13H2,1-2H3. The fourth-order valence-electron chi connectivity index (χ4n) is 3.99. The highest BCUT2D eigenvalue weighted by Gasteiger charge is 2.37. The summed E-state index contributed by atoms with van der Waals surface area (Å²) in [6, 6.07) is 6.32. The van der Waals surface area contributed by atoms with Crippen LogP contribution in [0, 0.1) is 0 Å². The van der Waals surface area contributed by atoms with Crippen LogP contribution in [0.5, 0.6) is 0 Å². The topological polar surface area (TPSA) is 19.6 Å². The third kappa shape index (κ3) is 2.94. The van der Waals surface area contributed by atoms with Crippen molar-refractivity contribution >= 4 is 0 Å². The quantitative estimate of drug-likeness (QED) is 0.823. The van der Waals surface area contributed by atoms with Crippen molar-refractivity contribution < 1.29 is 4.42 Å². The van der Waals surface area contributed by atoms with Gasteiger partial charge in [-0.25, -0.2) is 0 Å². The Labute approximate surface area is 122 Å². The maximum absolute atomic E-state index is 5.47. The van der Waals surface area contributed by atoms with E-state index in [0.29, 0.717) is 6.04 Å². The zero-order valence-corrected chi connectivity index (χ0v) is 12.9. The van der Waals surface area contributed by atoms with E-state index in [9.17, 15) is 0 Å². The second kappa shape index (κ2) is 6.31. The van der Waals surface area contributed by atoms with Gasteiger partial charge in [-0.1, -0.05) is 6.92 Å². The Hall–Kier alpha value is -0.800. The van der Waals surface area contributed by atoms with Gasteiger partial charge in [-0.2, -0.15) is 0 Å². The molecule has 2 aliphatic rings. The Balaban J connectivity index is 1.58. The van der Waals surface area contributed by atoms with Crippen molar-refractivity contribution in [3.05, 3.63) is 24.2 Å². The van der Waals surface area contributed by atoms with E-state index in [1.54, 1.807) is 6.26 Å². The van der Waals surface area contributed by atoms with Crippen LogP contribution in [0.15, 0.2) is 22.8 Å². The second-order valence-corrected chi connectivity index (χ2v) is 6.52. The molecule has 0 spiro atoms. The lowest BCUT2D eigenvalue weighted by molar-refractivity contribution is 0.0208. The molecule has 3 heterocycles. The van der Waals surface area contributed by atoms with Crippen LogP contribution in [0.2, 0.25) is 0 Å². The van der Waals surface area contributed by atoms with E-state index in [1.165, 1.54) is 45.3 Å². The summed E-state index contributed by atoms with van der Waals surface area (Å²) in [4.78, 5) is 5.50. The lowest BCUT2D eigenvalue weighted by atomic mass is 10.00. The molecule has 2 fully saturated rings. The Morgan fingerprint density at radius 3 is 3.05 bits per heavy atom. The Bertz CT molecular complexity index is 403. The van der Waals surface area contributed by atoms with Crippen LogP contribution >= 0.6 is 0 Å². The molecule has 3 rings (SSSR count). The first kappa shape index (κ1) is 14.2. The number of aryl methyl sites for hydroxylation is 1. The van der Waals surface area contributed by atoms with Gasteiger partial charge in [-0.05, 0) is 51.3 Å². The van der Waals surface area contributed by atoms with Crippen molar-refractivity contribution in [3.63, 3.8) is 0 Å². The number of rotatable bonds is 5. The third-order valence-corrected chi connectivity index (χ3v) is 5.26. The fraction of sp³-hybridized carbons (Fsp3) is 0.765. The van der Waals surface area contributed by atoms with Crippen molar-refractivity contribution in [2.24, 2.45) is 0 Å². The van der Waals surface area contributed by atoms with E-state index in [1.807, 2.05) is 6.07 Å². The normalized spacial score (nSPS) is 29.5. The highest BCUT2D eigenvalue weighted by atomic mass is 16.3. The first-order chi connectivity index (χ1) is 9.78. The first-order valence-corrected chi connectivity index (χ1v) is 8.30. The molecule has 0 bridgehead atoms. The average Bonchev–Trinajstić information content (AvgIpc) is 3.13. The van der Waals surface area contributed by atoms with Gasteiger partial charge in [0, 0.05) is 37.6 Å². The molecule has 3 atom stereocenters. The monoisotopic (exact) mass is 276 g/mol. The summed E-state index contributed by atoms with van der Waals surface area (Å²) in [7, 11) is 0. The molecular weight excluding hydrogens is 248 g/mol. The smallest absolute Gasteiger partial charge is 0.103 e. The second-order valence-electron chi connectivity index (χ2n) is 6.52. The molecule has 3 heteroatoms. The first-order valence-electron chi connectivity index (χ1n) is 8.30. The molecule has 2 aliphatic heterocycles. The van der Waals surface area contributed by atoms with Gasteiger partial charge >= 0.3 is 0 Å². The van der Waals surface area contributed by atoms with Crippen molar-refractivity contribution in [2.45, 2.75) is 64.1 Å². The van der Waals surface area contributed by atoms with Gasteiger partial charge in [0.2, 0.25) is 0 Å². The number of fused-ring (bicyclic) bond motifs is 1. The minimum atomic E-state index is 0.660. The summed E-state index contributed by atoms with van der Waals surface area (Å²) in [6.07, 6.45) is 8.13. The molecule has 1 aromatic rings. The van der Waals surface area contributed by atoms with Crippen molar-refractivity contribution in [3.8, 4) is 0 Å². The lowest BCUT2D eigenvalue weighted by Gasteiger charge is -2.46. The van der Waals surface area contributed by atoms with Crippen molar-refractivity contribution in [1.29, 1.82) is 0 Å². The number of hydrogen-bond acceptors (Lipinski definition) is 3. The van der Waals surface area contributed by atoms with E-state index in [-0.39, 0.29) is 0 Å². The predicted molar refractivity (Wildman–Crippen MR) is 81.9 cm³/mol. The maximum atomic E-state index is 5.47. The van der Waals surface area contributed by atoms with Gasteiger partial charge < -0.3 is 4.42 Å². The van der Waals surface area contributed by atoms with Gasteiger partial charge in [-0.15, -0.1) is 0 Å². The Morgan fingerprint density at radius 2 is 2.30 bits per heavy atom. The summed E-state index contributed by atoms with van der Waals surface area (Å²) in [5.41, 5.74) is 0. The Morgan fingerprint density at radius 1 is 1.40 bits per heavy atom. The molecule has 0 saturated carbocycles. The molecule has 20 heavy (non-hydrogen) atoms. The zero-order valence-electron chi connectivity index (χ0n) is 12.9. The zero-order chi connectivity index (χ0) is 13.9. The van der Waals surface area contributed by atoms with Gasteiger partial charge in [0.25, 0.3) is 0 Å². The molecule has 3 unspecified atom stereocenters. The van der Waals surface area contributed by atoms with Crippen LogP contribution in [-0.4, -0.2) is 47.6 Å². The summed E-state index contributed by atoms with van der Waals surface area (Å²) < 4.78 is 5.47. The van der Waals surface area contributed by atoms with Gasteiger partial charge in [0.1, 0.15) is 5.76 Å². The molecule has 112 valence electrons. The fourth-order valence-corrected chi connectivity index (χ4v) is 3.99. The van der Waals surface area contributed by atoms with Gasteiger partial charge in [-0.3, -0.25) is 9.80 Å². The summed E-state index contributed by atoms with van der Waals surface area (Å²) in [5.74, 6) is 1.13. The molecule has 3 nitrogen and oxygen atoms in total. The molecule has 0 aliphatic carbocycles. The molecular formula is C17H28N2O. The average molecular weight is 276 g/mol. The van der Waals surface area contributed by atoms with Crippen molar-refractivity contribution in [2.75, 3.05) is 19.6 Å². The van der Waals surface area contributed by atoms with E-state index in [0.717, 1.165) is 24.3 Å². The minimum Gasteiger partial charge on any atom is -0.469 e. The summed E-state index contributed by atoms with van der Waals surface area (Å²) in [6.45, 7) is 8.63.